The Kier molecular flexibility index (Phi) is 12.3. The van der Waals surface area contributed by atoms with Crippen LogP contribution in [-0.2, 0) is 0 Å². The number of halogens is 1. The second kappa shape index (κ2) is 14.4. The van der Waals surface area contributed by atoms with Crippen LogP contribution in [0.15, 0.2) is 35.3 Å². The summed E-state index contributed by atoms with van der Waals surface area (Å²) in [4.78, 5) is 15.3. The average molecular weight is 557 g/mol. The molecule has 2 aliphatic rings. The normalized spacial score (nSPS) is 21.1. The Balaban J connectivity index is 0.00000363. The Labute approximate surface area is 213 Å². The van der Waals surface area contributed by atoms with Gasteiger partial charge in [-0.25, -0.2) is 0 Å². The lowest BCUT2D eigenvalue weighted by molar-refractivity contribution is 0.108. The van der Waals surface area contributed by atoms with Gasteiger partial charge >= 0.3 is 0 Å². The van der Waals surface area contributed by atoms with E-state index in [2.05, 4.69) is 82.9 Å². The molecule has 0 radical (unpaired) electrons. The fraction of sp³-hybridized carbons (Fsp3) is 0.720. The SMILES string of the molecule is CCNC(=NCC(C)N1CCN(CC)CC1)N1CCN(C(CC)c2ccccc2)CC1.I. The highest BCUT2D eigenvalue weighted by Crippen LogP contribution is 2.25. The van der Waals surface area contributed by atoms with Crippen molar-refractivity contribution < 1.29 is 0 Å². The third-order valence-electron chi connectivity index (χ3n) is 6.94. The molecule has 1 aromatic rings. The van der Waals surface area contributed by atoms with Crippen LogP contribution in [0.25, 0.3) is 0 Å². The smallest absolute Gasteiger partial charge is 0.194 e. The zero-order chi connectivity index (χ0) is 22.1. The standard InChI is InChI=1S/C25H44N6.HI/c1-5-24(23-11-9-8-10-12-23)30-17-19-31(20-18-30)25(26-6-2)27-21-22(4)29-15-13-28(7-3)14-16-29;/h8-12,22,24H,5-7,13-21H2,1-4H3,(H,26,27);1H. The van der Waals surface area contributed by atoms with Crippen LogP contribution in [0.2, 0.25) is 0 Å². The van der Waals surface area contributed by atoms with Crippen LogP contribution in [0.4, 0.5) is 0 Å². The van der Waals surface area contributed by atoms with Gasteiger partial charge in [0, 0.05) is 71.0 Å². The minimum absolute atomic E-state index is 0. The van der Waals surface area contributed by atoms with Gasteiger partial charge in [-0.05, 0) is 32.4 Å². The molecule has 0 aromatic heterocycles. The maximum Gasteiger partial charge on any atom is 0.194 e. The van der Waals surface area contributed by atoms with Crippen LogP contribution in [0.1, 0.15) is 45.7 Å². The second-order valence-corrected chi connectivity index (χ2v) is 8.87. The van der Waals surface area contributed by atoms with Gasteiger partial charge in [-0.2, -0.15) is 0 Å². The number of guanidine groups is 1. The molecule has 0 bridgehead atoms. The Bertz CT molecular complexity index is 654. The highest BCUT2D eigenvalue weighted by molar-refractivity contribution is 14.0. The van der Waals surface area contributed by atoms with E-state index in [1.165, 1.54) is 25.2 Å². The monoisotopic (exact) mass is 556 g/mol. The van der Waals surface area contributed by atoms with Crippen LogP contribution < -0.4 is 5.32 Å². The molecule has 2 fully saturated rings. The maximum atomic E-state index is 5.06. The second-order valence-electron chi connectivity index (χ2n) is 8.87. The molecule has 7 heteroatoms. The van der Waals surface area contributed by atoms with Crippen molar-refractivity contribution in [2.45, 2.75) is 46.2 Å². The molecule has 32 heavy (non-hydrogen) atoms. The quantitative estimate of drug-likeness (QED) is 0.302. The van der Waals surface area contributed by atoms with Crippen LogP contribution >= 0.6 is 24.0 Å². The van der Waals surface area contributed by atoms with Gasteiger partial charge in [0.25, 0.3) is 0 Å². The Hall–Kier alpha value is -0.900. The number of aliphatic imine (C=N–C) groups is 1. The number of piperazine rings is 2. The van der Waals surface area contributed by atoms with E-state index in [-0.39, 0.29) is 24.0 Å². The van der Waals surface area contributed by atoms with Crippen molar-refractivity contribution in [1.82, 2.24) is 24.9 Å². The summed E-state index contributed by atoms with van der Waals surface area (Å²) in [5.41, 5.74) is 1.44. The summed E-state index contributed by atoms with van der Waals surface area (Å²) < 4.78 is 0. The van der Waals surface area contributed by atoms with Gasteiger partial charge in [-0.1, -0.05) is 44.2 Å². The molecule has 0 aliphatic carbocycles. The molecule has 2 atom stereocenters. The van der Waals surface area contributed by atoms with Gasteiger partial charge in [-0.3, -0.25) is 14.8 Å². The number of likely N-dealkylation sites (N-methyl/N-ethyl adjacent to an activating group) is 1. The highest BCUT2D eigenvalue weighted by atomic mass is 127. The van der Waals surface area contributed by atoms with Gasteiger partial charge in [-0.15, -0.1) is 24.0 Å². The van der Waals surface area contributed by atoms with E-state index in [0.717, 1.165) is 64.7 Å². The lowest BCUT2D eigenvalue weighted by Crippen LogP contribution is -2.53. The van der Waals surface area contributed by atoms with Crippen molar-refractivity contribution in [3.05, 3.63) is 35.9 Å². The lowest BCUT2D eigenvalue weighted by Gasteiger charge is -2.40. The molecule has 0 amide bonds. The van der Waals surface area contributed by atoms with E-state index in [1.807, 2.05) is 0 Å². The van der Waals surface area contributed by atoms with E-state index in [1.54, 1.807) is 0 Å². The number of hydrogen-bond donors (Lipinski definition) is 1. The molecule has 0 spiro atoms. The molecule has 2 saturated heterocycles. The summed E-state index contributed by atoms with van der Waals surface area (Å²) >= 11 is 0. The minimum Gasteiger partial charge on any atom is -0.357 e. The molecule has 2 unspecified atom stereocenters. The van der Waals surface area contributed by atoms with Crippen molar-refractivity contribution in [2.24, 2.45) is 4.99 Å². The Morgan fingerprint density at radius 3 is 2.09 bits per heavy atom. The molecular weight excluding hydrogens is 511 g/mol. The number of nitrogens with zero attached hydrogens (tertiary/aromatic N) is 5. The zero-order valence-electron chi connectivity index (χ0n) is 20.7. The topological polar surface area (TPSA) is 37.4 Å². The summed E-state index contributed by atoms with van der Waals surface area (Å²) in [6.45, 7) is 21.0. The number of nitrogens with one attached hydrogen (secondary N) is 1. The minimum atomic E-state index is 0. The summed E-state index contributed by atoms with van der Waals surface area (Å²) in [7, 11) is 0. The molecule has 1 aromatic carbocycles. The van der Waals surface area contributed by atoms with Gasteiger partial charge in [0.1, 0.15) is 0 Å². The van der Waals surface area contributed by atoms with Crippen molar-refractivity contribution in [1.29, 1.82) is 0 Å². The first kappa shape index (κ1) is 27.3. The average Bonchev–Trinajstić information content (AvgIpc) is 2.83. The predicted molar refractivity (Wildman–Crippen MR) is 147 cm³/mol. The fourth-order valence-electron chi connectivity index (χ4n) is 4.91. The van der Waals surface area contributed by atoms with Crippen molar-refractivity contribution in [3.8, 4) is 0 Å². The zero-order valence-corrected chi connectivity index (χ0v) is 23.0. The van der Waals surface area contributed by atoms with Gasteiger partial charge in [0.2, 0.25) is 0 Å². The first-order chi connectivity index (χ1) is 15.2. The number of rotatable bonds is 8. The number of hydrogen-bond acceptors (Lipinski definition) is 4. The predicted octanol–water partition coefficient (Wildman–Crippen LogP) is 3.36. The van der Waals surface area contributed by atoms with Crippen LogP contribution in [0.3, 0.4) is 0 Å². The van der Waals surface area contributed by atoms with Crippen LogP contribution in [-0.4, -0.2) is 104 Å². The van der Waals surface area contributed by atoms with Gasteiger partial charge < -0.3 is 15.1 Å². The maximum absolute atomic E-state index is 5.06. The van der Waals surface area contributed by atoms with Crippen molar-refractivity contribution in [3.63, 3.8) is 0 Å². The summed E-state index contributed by atoms with van der Waals surface area (Å²) in [5, 5.41) is 3.55. The van der Waals surface area contributed by atoms with E-state index < -0.39 is 0 Å². The largest absolute Gasteiger partial charge is 0.357 e. The Morgan fingerprint density at radius 1 is 0.906 bits per heavy atom. The molecule has 182 valence electrons. The molecular formula is C25H45IN6. The van der Waals surface area contributed by atoms with Crippen LogP contribution in [0, 0.1) is 0 Å². The van der Waals surface area contributed by atoms with E-state index in [4.69, 9.17) is 4.99 Å². The summed E-state index contributed by atoms with van der Waals surface area (Å²) in [6.07, 6.45) is 1.15. The van der Waals surface area contributed by atoms with Crippen molar-refractivity contribution in [2.75, 3.05) is 72.0 Å². The van der Waals surface area contributed by atoms with Crippen LogP contribution in [0.5, 0.6) is 0 Å². The molecule has 2 heterocycles. The molecule has 2 aliphatic heterocycles. The van der Waals surface area contributed by atoms with Crippen molar-refractivity contribution >= 4 is 29.9 Å². The fourth-order valence-corrected chi connectivity index (χ4v) is 4.91. The van der Waals surface area contributed by atoms with Gasteiger partial charge in [0.15, 0.2) is 5.96 Å². The Morgan fingerprint density at radius 2 is 1.53 bits per heavy atom. The number of benzene rings is 1. The summed E-state index contributed by atoms with van der Waals surface area (Å²) in [5.74, 6) is 1.09. The molecule has 0 saturated carbocycles. The van der Waals surface area contributed by atoms with E-state index in [0.29, 0.717) is 12.1 Å². The summed E-state index contributed by atoms with van der Waals surface area (Å²) in [6, 6.07) is 12.0. The third kappa shape index (κ3) is 7.57. The molecule has 6 nitrogen and oxygen atoms in total. The first-order valence-corrected chi connectivity index (χ1v) is 12.4. The van der Waals surface area contributed by atoms with Gasteiger partial charge in [0.05, 0.1) is 6.54 Å². The molecule has 1 N–H and O–H groups in total. The third-order valence-corrected chi connectivity index (χ3v) is 6.94. The lowest BCUT2D eigenvalue weighted by atomic mass is 10.0. The highest BCUT2D eigenvalue weighted by Gasteiger charge is 2.26. The first-order valence-electron chi connectivity index (χ1n) is 12.4. The van der Waals surface area contributed by atoms with E-state index in [9.17, 15) is 0 Å². The van der Waals surface area contributed by atoms with E-state index >= 15 is 0 Å². The molecule has 3 rings (SSSR count).